The molecule has 0 unspecified atom stereocenters. The van der Waals surface area contributed by atoms with Crippen LogP contribution >= 0.6 is 0 Å². The van der Waals surface area contributed by atoms with Gasteiger partial charge in [0.2, 0.25) is 0 Å². The summed E-state index contributed by atoms with van der Waals surface area (Å²) >= 11 is 0. The highest BCUT2D eigenvalue weighted by Crippen LogP contribution is 2.31. The lowest BCUT2D eigenvalue weighted by atomic mass is 10.1. The van der Waals surface area contributed by atoms with Gasteiger partial charge in [-0.2, -0.15) is 0 Å². The molecule has 0 aliphatic carbocycles. The molecule has 0 spiro atoms. The third-order valence-corrected chi connectivity index (χ3v) is 4.27. The van der Waals surface area contributed by atoms with E-state index in [1.54, 1.807) is 24.3 Å². The number of nitrogens with zero attached hydrogens (tertiary/aromatic N) is 1. The molecule has 4 N–H and O–H groups in total. The van der Waals surface area contributed by atoms with Gasteiger partial charge in [-0.3, -0.25) is 9.36 Å². The van der Waals surface area contributed by atoms with Gasteiger partial charge in [0.1, 0.15) is 29.8 Å². The Morgan fingerprint density at radius 3 is 2.40 bits per heavy atom. The largest absolute Gasteiger partial charge is 0.507 e. The summed E-state index contributed by atoms with van der Waals surface area (Å²) in [5, 5.41) is 39.3. The molecule has 1 fully saturated rings. The molecule has 4 atom stereocenters. The van der Waals surface area contributed by atoms with Crippen LogP contribution in [-0.4, -0.2) is 57.0 Å². The Bertz CT molecular complexity index is 802. The second-order valence-electron chi connectivity index (χ2n) is 5.75. The van der Waals surface area contributed by atoms with Crippen LogP contribution in [0.1, 0.15) is 6.23 Å². The van der Waals surface area contributed by atoms with Gasteiger partial charge in [0, 0.05) is 6.20 Å². The number of methoxy groups -OCH3 is 1. The summed E-state index contributed by atoms with van der Waals surface area (Å²) in [6, 6.07) is 7.85. The molecule has 1 aromatic carbocycles. The fourth-order valence-corrected chi connectivity index (χ4v) is 2.88. The Morgan fingerprint density at radius 2 is 1.84 bits per heavy atom. The molecule has 25 heavy (non-hydrogen) atoms. The average Bonchev–Trinajstić information content (AvgIpc) is 2.90. The molecule has 2 aromatic rings. The lowest BCUT2D eigenvalue weighted by molar-refractivity contribution is -0.0543. The Morgan fingerprint density at radius 1 is 1.16 bits per heavy atom. The summed E-state index contributed by atoms with van der Waals surface area (Å²) in [7, 11) is 1.52. The van der Waals surface area contributed by atoms with Crippen LogP contribution in [0.3, 0.4) is 0 Å². The van der Waals surface area contributed by atoms with Crippen molar-refractivity contribution in [2.24, 2.45) is 0 Å². The average molecular weight is 349 g/mol. The third kappa shape index (κ3) is 3.00. The third-order valence-electron chi connectivity index (χ3n) is 4.27. The van der Waals surface area contributed by atoms with E-state index in [-0.39, 0.29) is 11.3 Å². The summed E-state index contributed by atoms with van der Waals surface area (Å²) < 4.78 is 11.5. The van der Waals surface area contributed by atoms with E-state index < -0.39 is 36.7 Å². The maximum Gasteiger partial charge on any atom is 0.264 e. The zero-order chi connectivity index (χ0) is 18.1. The fraction of sp³-hybridized carbons (Fsp3) is 0.353. The van der Waals surface area contributed by atoms with Crippen LogP contribution in [0.5, 0.6) is 11.5 Å². The second-order valence-corrected chi connectivity index (χ2v) is 5.75. The van der Waals surface area contributed by atoms with Crippen molar-refractivity contribution in [3.8, 4) is 22.6 Å². The molecule has 8 heteroatoms. The van der Waals surface area contributed by atoms with Crippen molar-refractivity contribution in [3.05, 3.63) is 46.9 Å². The first-order valence-corrected chi connectivity index (χ1v) is 7.69. The topological polar surface area (TPSA) is 121 Å². The van der Waals surface area contributed by atoms with Crippen LogP contribution < -0.4 is 10.3 Å². The molecule has 0 radical (unpaired) electrons. The number of aromatic hydroxyl groups is 1. The summed E-state index contributed by atoms with van der Waals surface area (Å²) in [6.45, 7) is -0.493. The molecule has 2 heterocycles. The number of hydrogen-bond donors (Lipinski definition) is 4. The van der Waals surface area contributed by atoms with E-state index >= 15 is 0 Å². The highest BCUT2D eigenvalue weighted by atomic mass is 16.6. The van der Waals surface area contributed by atoms with E-state index in [2.05, 4.69) is 0 Å². The van der Waals surface area contributed by atoms with Crippen molar-refractivity contribution in [1.82, 2.24) is 4.57 Å². The van der Waals surface area contributed by atoms with E-state index in [9.17, 15) is 25.2 Å². The van der Waals surface area contributed by atoms with Gasteiger partial charge in [-0.05, 0) is 23.8 Å². The standard InChI is InChI=1S/C17H19NO7/c1-24-10-4-2-9(3-5-10)13-11(20)6-7-18(16(13)23)17-15(22)14(21)12(8-19)25-17/h2-7,12,14-15,17,19-22H,8H2,1H3/t12-,14-,15-,17-/m1/s1. The van der Waals surface area contributed by atoms with Gasteiger partial charge < -0.3 is 29.9 Å². The molecule has 1 aliphatic rings. The maximum absolute atomic E-state index is 12.8. The van der Waals surface area contributed by atoms with Crippen molar-refractivity contribution in [2.75, 3.05) is 13.7 Å². The van der Waals surface area contributed by atoms with Crippen LogP contribution in [0.2, 0.25) is 0 Å². The van der Waals surface area contributed by atoms with E-state index in [0.717, 1.165) is 4.57 Å². The summed E-state index contributed by atoms with van der Waals surface area (Å²) in [5.74, 6) is 0.376. The van der Waals surface area contributed by atoms with E-state index in [4.69, 9.17) is 9.47 Å². The van der Waals surface area contributed by atoms with E-state index in [1.165, 1.54) is 19.4 Å². The summed E-state index contributed by atoms with van der Waals surface area (Å²) in [6.07, 6.45) is -3.60. The van der Waals surface area contributed by atoms with Crippen LogP contribution in [0.4, 0.5) is 0 Å². The predicted octanol–water partition coefficient (Wildman–Crippen LogP) is -0.159. The van der Waals surface area contributed by atoms with Crippen LogP contribution in [0.25, 0.3) is 11.1 Å². The number of aliphatic hydroxyl groups is 3. The minimum atomic E-state index is -1.39. The van der Waals surface area contributed by atoms with Crippen LogP contribution in [0, 0.1) is 0 Å². The molecule has 3 rings (SSSR count). The molecule has 0 amide bonds. The molecular formula is C17H19NO7. The van der Waals surface area contributed by atoms with Gasteiger partial charge >= 0.3 is 0 Å². The number of benzene rings is 1. The van der Waals surface area contributed by atoms with Crippen molar-refractivity contribution in [2.45, 2.75) is 24.5 Å². The Hall–Kier alpha value is -2.39. The Kier molecular flexibility index (Phi) is 4.78. The SMILES string of the molecule is COc1ccc(-c2c(O)ccn([C@@H]3O[C@H](CO)[C@@H](O)[C@H]3O)c2=O)cc1. The zero-order valence-corrected chi connectivity index (χ0v) is 13.4. The minimum absolute atomic E-state index is 0.0305. The number of rotatable bonds is 4. The van der Waals surface area contributed by atoms with Crippen molar-refractivity contribution >= 4 is 0 Å². The fourth-order valence-electron chi connectivity index (χ4n) is 2.88. The highest BCUT2D eigenvalue weighted by Gasteiger charge is 2.43. The van der Waals surface area contributed by atoms with Gasteiger partial charge in [-0.25, -0.2) is 0 Å². The van der Waals surface area contributed by atoms with Crippen LogP contribution in [0.15, 0.2) is 41.3 Å². The first kappa shape index (κ1) is 17.4. The monoisotopic (exact) mass is 349 g/mol. The number of hydrogen-bond acceptors (Lipinski definition) is 7. The van der Waals surface area contributed by atoms with Crippen molar-refractivity contribution < 1.29 is 29.9 Å². The molecular weight excluding hydrogens is 330 g/mol. The van der Waals surface area contributed by atoms with E-state index in [0.29, 0.717) is 11.3 Å². The number of aliphatic hydroxyl groups excluding tert-OH is 3. The van der Waals surface area contributed by atoms with E-state index in [1.807, 2.05) is 0 Å². The predicted molar refractivity (Wildman–Crippen MR) is 87.4 cm³/mol. The number of ether oxygens (including phenoxy) is 2. The number of aromatic nitrogens is 1. The van der Waals surface area contributed by atoms with Gasteiger partial charge in [0.15, 0.2) is 6.23 Å². The zero-order valence-electron chi connectivity index (χ0n) is 13.4. The molecule has 0 bridgehead atoms. The summed E-state index contributed by atoms with van der Waals surface area (Å²) in [4.78, 5) is 12.8. The minimum Gasteiger partial charge on any atom is -0.507 e. The first-order chi connectivity index (χ1) is 12.0. The second kappa shape index (κ2) is 6.85. The molecule has 1 saturated heterocycles. The first-order valence-electron chi connectivity index (χ1n) is 7.69. The van der Waals surface area contributed by atoms with Gasteiger partial charge in [-0.15, -0.1) is 0 Å². The quantitative estimate of drug-likeness (QED) is 0.605. The molecule has 8 nitrogen and oxygen atoms in total. The maximum atomic E-state index is 12.8. The smallest absolute Gasteiger partial charge is 0.264 e. The lowest BCUT2D eigenvalue weighted by Gasteiger charge is -2.19. The normalized spacial score (nSPS) is 25.9. The van der Waals surface area contributed by atoms with Crippen molar-refractivity contribution in [1.29, 1.82) is 0 Å². The summed E-state index contributed by atoms with van der Waals surface area (Å²) in [5.41, 5.74) is -0.104. The molecule has 1 aromatic heterocycles. The Labute approximate surface area is 143 Å². The highest BCUT2D eigenvalue weighted by molar-refractivity contribution is 5.69. The number of pyridine rings is 1. The lowest BCUT2D eigenvalue weighted by Crippen LogP contribution is -2.35. The van der Waals surface area contributed by atoms with Gasteiger partial charge in [0.25, 0.3) is 5.56 Å². The molecule has 134 valence electrons. The molecule has 0 saturated carbocycles. The van der Waals surface area contributed by atoms with Crippen molar-refractivity contribution in [3.63, 3.8) is 0 Å². The Balaban J connectivity index is 2.05. The molecule has 1 aliphatic heterocycles. The van der Waals surface area contributed by atoms with Gasteiger partial charge in [0.05, 0.1) is 19.3 Å². The van der Waals surface area contributed by atoms with Gasteiger partial charge in [-0.1, -0.05) is 12.1 Å². The van der Waals surface area contributed by atoms with Crippen LogP contribution in [-0.2, 0) is 4.74 Å².